The Bertz CT molecular complexity index is 826. The molecule has 0 heterocycles. The van der Waals surface area contributed by atoms with Crippen molar-refractivity contribution in [2.75, 3.05) is 118 Å². The molecule has 0 aliphatic rings. The number of carbonyl (C=O) groups is 2. The topological polar surface area (TPSA) is 129 Å². The summed E-state index contributed by atoms with van der Waals surface area (Å²) in [7, 11) is 0. The Kier molecular flexibility index (Phi) is 29.6. The lowest BCUT2D eigenvalue weighted by Gasteiger charge is -2.09. The van der Waals surface area contributed by atoms with Crippen LogP contribution in [-0.4, -0.2) is 124 Å². The van der Waals surface area contributed by atoms with E-state index in [4.69, 9.17) is 42.6 Å². The van der Waals surface area contributed by atoms with E-state index in [1.54, 1.807) is 12.1 Å². The zero-order valence-corrected chi connectivity index (χ0v) is 28.3. The summed E-state index contributed by atoms with van der Waals surface area (Å²) in [6, 6.07) is 7.28. The number of hydrogen-bond donors (Lipinski definition) is 1. The number of hydrogen-bond acceptors (Lipinski definition) is 12. The summed E-state index contributed by atoms with van der Waals surface area (Å²) in [5.74, 6) is -0.518. The van der Waals surface area contributed by atoms with Gasteiger partial charge in [-0.2, -0.15) is 0 Å². The first-order valence-electron chi connectivity index (χ1n) is 16.9. The monoisotopic (exact) mass is 657 g/mol. The highest BCUT2D eigenvalue weighted by molar-refractivity contribution is 5.89. The Morgan fingerprint density at radius 1 is 0.500 bits per heavy atom. The van der Waals surface area contributed by atoms with Crippen molar-refractivity contribution in [2.45, 2.75) is 58.8 Å². The summed E-state index contributed by atoms with van der Waals surface area (Å²) in [6.45, 7) is 11.9. The van der Waals surface area contributed by atoms with Crippen LogP contribution in [0.3, 0.4) is 0 Å². The van der Waals surface area contributed by atoms with Gasteiger partial charge >= 0.3 is 11.9 Å². The number of nitrogens with one attached hydrogen (secondary N) is 1. The van der Waals surface area contributed by atoms with Crippen LogP contribution in [0, 0.1) is 0 Å². The Hall–Kier alpha value is -2.32. The molecule has 0 atom stereocenters. The summed E-state index contributed by atoms with van der Waals surface area (Å²) in [6.07, 6.45) is 6.99. The summed E-state index contributed by atoms with van der Waals surface area (Å²) in [5, 5.41) is 3.32. The quantitative estimate of drug-likeness (QED) is 0.0816. The number of ether oxygens (including phenoxy) is 9. The van der Waals surface area contributed by atoms with Gasteiger partial charge in [-0.25, -0.2) is 4.79 Å². The van der Waals surface area contributed by atoms with Gasteiger partial charge in [-0.05, 0) is 37.1 Å². The molecule has 0 aliphatic heterocycles. The van der Waals surface area contributed by atoms with Gasteiger partial charge in [0.15, 0.2) is 0 Å². The van der Waals surface area contributed by atoms with E-state index in [2.05, 4.69) is 19.2 Å². The molecule has 0 spiro atoms. The van der Waals surface area contributed by atoms with Gasteiger partial charge in [-0.3, -0.25) is 4.79 Å². The van der Waals surface area contributed by atoms with Crippen LogP contribution in [-0.2, 0) is 47.4 Å². The minimum Gasteiger partial charge on any atom is -0.463 e. The molecule has 1 rings (SSSR count). The number of benzene rings is 1. The standard InChI is InChI=1S/C34H59NO11/c1-3-5-7-8-9-33(36)45-29-27-43-25-23-41-21-19-39-17-15-38-16-18-40-20-22-42-24-26-44-28-30-46-34(37)31-10-12-32(13-11-31)35-14-6-4-2/h10-13,35H,3-9,14-30H2,1-2H3. The first-order chi connectivity index (χ1) is 22.7. The number of carbonyl (C=O) groups excluding carboxylic acids is 2. The van der Waals surface area contributed by atoms with Crippen molar-refractivity contribution < 1.29 is 52.2 Å². The highest BCUT2D eigenvalue weighted by Gasteiger charge is 2.07. The Morgan fingerprint density at radius 2 is 0.913 bits per heavy atom. The molecule has 1 N–H and O–H groups in total. The van der Waals surface area contributed by atoms with E-state index in [-0.39, 0.29) is 25.2 Å². The van der Waals surface area contributed by atoms with E-state index in [0.717, 1.165) is 50.8 Å². The highest BCUT2D eigenvalue weighted by Crippen LogP contribution is 2.11. The third-order valence-electron chi connectivity index (χ3n) is 6.40. The largest absolute Gasteiger partial charge is 0.463 e. The highest BCUT2D eigenvalue weighted by atomic mass is 16.6. The normalized spacial score (nSPS) is 11.1. The third kappa shape index (κ3) is 26.9. The Labute approximate surface area is 276 Å². The van der Waals surface area contributed by atoms with Gasteiger partial charge in [0.2, 0.25) is 0 Å². The van der Waals surface area contributed by atoms with Gasteiger partial charge in [0.05, 0.1) is 98.1 Å². The van der Waals surface area contributed by atoms with Gasteiger partial charge in [0, 0.05) is 18.7 Å². The molecule has 0 saturated heterocycles. The van der Waals surface area contributed by atoms with Gasteiger partial charge in [-0.15, -0.1) is 0 Å². The molecule has 0 aliphatic carbocycles. The van der Waals surface area contributed by atoms with Crippen molar-refractivity contribution in [2.24, 2.45) is 0 Å². The molecule has 12 heteroatoms. The Balaban J connectivity index is 1.73. The van der Waals surface area contributed by atoms with Gasteiger partial charge in [0.25, 0.3) is 0 Å². The lowest BCUT2D eigenvalue weighted by molar-refractivity contribution is -0.145. The maximum Gasteiger partial charge on any atom is 0.338 e. The zero-order valence-electron chi connectivity index (χ0n) is 28.3. The number of esters is 2. The molecule has 1 aromatic rings. The van der Waals surface area contributed by atoms with Gasteiger partial charge < -0.3 is 47.9 Å². The number of unbranched alkanes of at least 4 members (excludes halogenated alkanes) is 4. The second-order valence-corrected chi connectivity index (χ2v) is 10.3. The van der Waals surface area contributed by atoms with E-state index < -0.39 is 0 Å². The lowest BCUT2D eigenvalue weighted by atomic mass is 10.2. The molecule has 0 aromatic heterocycles. The minimum absolute atomic E-state index is 0.156. The van der Waals surface area contributed by atoms with E-state index in [1.165, 1.54) is 0 Å². The van der Waals surface area contributed by atoms with Crippen LogP contribution >= 0.6 is 0 Å². The molecule has 0 bridgehead atoms. The fourth-order valence-corrected chi connectivity index (χ4v) is 3.81. The average molecular weight is 658 g/mol. The molecule has 46 heavy (non-hydrogen) atoms. The van der Waals surface area contributed by atoms with Crippen molar-refractivity contribution in [1.82, 2.24) is 0 Å². The van der Waals surface area contributed by atoms with Crippen LogP contribution in [0.1, 0.15) is 69.2 Å². The molecular formula is C34H59NO11. The van der Waals surface area contributed by atoms with Crippen LogP contribution < -0.4 is 5.32 Å². The van der Waals surface area contributed by atoms with E-state index in [9.17, 15) is 9.59 Å². The molecule has 0 saturated carbocycles. The molecule has 266 valence electrons. The maximum atomic E-state index is 12.1. The SMILES string of the molecule is CCCCCCC(=O)OCCOCCOCCOCCOCCOCCOCCOCCOC(=O)c1ccc(NCCCC)cc1. The minimum atomic E-state index is -0.362. The fraction of sp³-hybridized carbons (Fsp3) is 0.765. The molecule has 1 aromatic carbocycles. The first-order valence-corrected chi connectivity index (χ1v) is 16.9. The molecule has 0 unspecified atom stereocenters. The van der Waals surface area contributed by atoms with E-state index in [1.807, 2.05) is 12.1 Å². The van der Waals surface area contributed by atoms with Crippen LogP contribution in [0.25, 0.3) is 0 Å². The van der Waals surface area contributed by atoms with E-state index >= 15 is 0 Å². The van der Waals surface area contributed by atoms with Gasteiger partial charge in [0.1, 0.15) is 13.2 Å². The summed E-state index contributed by atoms with van der Waals surface area (Å²) < 4.78 is 48.5. The van der Waals surface area contributed by atoms with Crippen molar-refractivity contribution >= 4 is 17.6 Å². The van der Waals surface area contributed by atoms with Crippen LogP contribution in [0.5, 0.6) is 0 Å². The predicted molar refractivity (Wildman–Crippen MR) is 176 cm³/mol. The predicted octanol–water partition coefficient (Wildman–Crippen LogP) is 4.69. The summed E-state index contributed by atoms with van der Waals surface area (Å²) in [4.78, 5) is 23.7. The molecule has 0 radical (unpaired) electrons. The van der Waals surface area contributed by atoms with Crippen molar-refractivity contribution in [3.8, 4) is 0 Å². The second-order valence-electron chi connectivity index (χ2n) is 10.3. The van der Waals surface area contributed by atoms with Gasteiger partial charge in [-0.1, -0.05) is 39.5 Å². The van der Waals surface area contributed by atoms with Crippen molar-refractivity contribution in [3.63, 3.8) is 0 Å². The summed E-state index contributed by atoms with van der Waals surface area (Å²) in [5.41, 5.74) is 1.51. The number of rotatable bonds is 34. The van der Waals surface area contributed by atoms with Crippen molar-refractivity contribution in [1.29, 1.82) is 0 Å². The Morgan fingerprint density at radius 3 is 1.35 bits per heavy atom. The van der Waals surface area contributed by atoms with Crippen LogP contribution in [0.2, 0.25) is 0 Å². The lowest BCUT2D eigenvalue weighted by Crippen LogP contribution is -2.15. The van der Waals surface area contributed by atoms with Crippen LogP contribution in [0.15, 0.2) is 24.3 Å². The molecule has 0 fully saturated rings. The molecule has 0 amide bonds. The smallest absolute Gasteiger partial charge is 0.338 e. The molecule has 12 nitrogen and oxygen atoms in total. The zero-order chi connectivity index (χ0) is 33.2. The second kappa shape index (κ2) is 32.6. The first kappa shape index (κ1) is 41.7. The third-order valence-corrected chi connectivity index (χ3v) is 6.40. The maximum absolute atomic E-state index is 12.1. The van der Waals surface area contributed by atoms with Crippen molar-refractivity contribution in [3.05, 3.63) is 29.8 Å². The van der Waals surface area contributed by atoms with Crippen LogP contribution in [0.4, 0.5) is 5.69 Å². The number of anilines is 1. The molecular weight excluding hydrogens is 598 g/mol. The fourth-order valence-electron chi connectivity index (χ4n) is 3.81. The summed E-state index contributed by atoms with van der Waals surface area (Å²) >= 11 is 0. The van der Waals surface area contributed by atoms with E-state index in [0.29, 0.717) is 104 Å². The average Bonchev–Trinajstić information content (AvgIpc) is 3.07.